The van der Waals surface area contributed by atoms with Gasteiger partial charge >= 0.3 is 0 Å². The van der Waals surface area contributed by atoms with Crippen molar-refractivity contribution in [2.75, 3.05) is 40.4 Å². The van der Waals surface area contributed by atoms with Gasteiger partial charge in [-0.1, -0.05) is 0 Å². The zero-order valence-electron chi connectivity index (χ0n) is 7.09. The first-order valence-corrected chi connectivity index (χ1v) is 4.55. The zero-order valence-corrected chi connectivity index (χ0v) is 8.67. The molecule has 1 aliphatic heterocycles. The van der Waals surface area contributed by atoms with Gasteiger partial charge in [-0.2, -0.15) is 0 Å². The van der Waals surface area contributed by atoms with Crippen molar-refractivity contribution in [1.82, 2.24) is 8.83 Å². The van der Waals surface area contributed by atoms with Gasteiger partial charge in [-0.25, -0.2) is 3.93 Å². The lowest BCUT2D eigenvalue weighted by atomic mass is 10.1. The molecule has 3 nitrogen and oxygen atoms in total. The maximum atomic E-state index is 4.99. The predicted molar refractivity (Wildman–Crippen MR) is 48.8 cm³/mol. The standard InChI is InChI=1S/C7H15BrN2O/c1-9(3-4-11-2)7-5-10(8)6-7/h7H,3-6H2,1-2H3. The van der Waals surface area contributed by atoms with Gasteiger partial charge in [-0.3, -0.25) is 4.90 Å². The Morgan fingerprint density at radius 3 is 2.73 bits per heavy atom. The normalized spacial score (nSPS) is 20.7. The number of halogens is 1. The van der Waals surface area contributed by atoms with E-state index in [-0.39, 0.29) is 0 Å². The highest BCUT2D eigenvalue weighted by Crippen LogP contribution is 2.16. The lowest BCUT2D eigenvalue weighted by molar-refractivity contribution is 0.0888. The SMILES string of the molecule is COCCN(C)C1CN(Br)C1. The van der Waals surface area contributed by atoms with Crippen LogP contribution in [0.3, 0.4) is 0 Å². The van der Waals surface area contributed by atoms with Gasteiger partial charge in [-0.05, 0) is 7.05 Å². The van der Waals surface area contributed by atoms with Crippen molar-refractivity contribution in [3.63, 3.8) is 0 Å². The Morgan fingerprint density at radius 2 is 2.27 bits per heavy atom. The molecule has 66 valence electrons. The lowest BCUT2D eigenvalue weighted by Gasteiger charge is -2.40. The summed E-state index contributed by atoms with van der Waals surface area (Å²) in [5.74, 6) is 0. The van der Waals surface area contributed by atoms with Crippen LogP contribution < -0.4 is 0 Å². The monoisotopic (exact) mass is 222 g/mol. The van der Waals surface area contributed by atoms with Crippen LogP contribution in [0.2, 0.25) is 0 Å². The fourth-order valence-corrected chi connectivity index (χ4v) is 1.77. The molecular formula is C7H15BrN2O. The largest absolute Gasteiger partial charge is 0.383 e. The molecule has 1 rings (SSSR count). The topological polar surface area (TPSA) is 15.7 Å². The second kappa shape index (κ2) is 4.40. The zero-order chi connectivity index (χ0) is 8.27. The van der Waals surface area contributed by atoms with E-state index in [0.29, 0.717) is 6.04 Å². The van der Waals surface area contributed by atoms with E-state index < -0.39 is 0 Å². The lowest BCUT2D eigenvalue weighted by Crippen LogP contribution is -2.54. The molecule has 0 N–H and O–H groups in total. The van der Waals surface area contributed by atoms with Gasteiger partial charge in [0.15, 0.2) is 0 Å². The van der Waals surface area contributed by atoms with E-state index in [1.54, 1.807) is 7.11 Å². The van der Waals surface area contributed by atoms with Crippen LogP contribution in [-0.2, 0) is 4.74 Å². The summed E-state index contributed by atoms with van der Waals surface area (Å²) in [6.45, 7) is 4.11. The predicted octanol–water partition coefficient (Wildman–Crippen LogP) is 0.559. The molecule has 0 aromatic heterocycles. The number of methoxy groups -OCH3 is 1. The molecule has 0 amide bonds. The second-order valence-electron chi connectivity index (χ2n) is 2.96. The molecular weight excluding hydrogens is 208 g/mol. The van der Waals surface area contributed by atoms with Gasteiger partial charge in [0.2, 0.25) is 0 Å². The summed E-state index contributed by atoms with van der Waals surface area (Å²) in [7, 11) is 3.88. The molecule has 0 unspecified atom stereocenters. The Labute approximate surface area is 76.6 Å². The van der Waals surface area contributed by atoms with Crippen LogP contribution in [0.15, 0.2) is 0 Å². The van der Waals surface area contributed by atoms with Crippen LogP contribution in [0, 0.1) is 0 Å². The van der Waals surface area contributed by atoms with E-state index >= 15 is 0 Å². The van der Waals surface area contributed by atoms with Crippen LogP contribution >= 0.6 is 16.1 Å². The van der Waals surface area contributed by atoms with Crippen molar-refractivity contribution in [2.24, 2.45) is 0 Å². The van der Waals surface area contributed by atoms with Crippen LogP contribution in [0.5, 0.6) is 0 Å². The van der Waals surface area contributed by atoms with Crippen molar-refractivity contribution in [3.05, 3.63) is 0 Å². The van der Waals surface area contributed by atoms with Crippen molar-refractivity contribution >= 4 is 16.1 Å². The van der Waals surface area contributed by atoms with Gasteiger partial charge in [0.05, 0.1) is 6.61 Å². The van der Waals surface area contributed by atoms with E-state index in [4.69, 9.17) is 4.74 Å². The van der Waals surface area contributed by atoms with Crippen LogP contribution in [0.4, 0.5) is 0 Å². The highest BCUT2D eigenvalue weighted by Gasteiger charge is 2.27. The molecule has 4 heteroatoms. The minimum absolute atomic E-state index is 0.713. The summed E-state index contributed by atoms with van der Waals surface area (Å²) < 4.78 is 7.13. The molecule has 1 aliphatic rings. The Bertz CT molecular complexity index is 117. The molecule has 0 atom stereocenters. The molecule has 0 radical (unpaired) electrons. The highest BCUT2D eigenvalue weighted by molar-refractivity contribution is 9.07. The number of rotatable bonds is 4. The Hall–Kier alpha value is 0.360. The van der Waals surface area contributed by atoms with Gasteiger partial charge in [0, 0.05) is 48.9 Å². The third-order valence-corrected chi connectivity index (χ3v) is 2.67. The Kier molecular flexibility index (Phi) is 3.78. The van der Waals surface area contributed by atoms with E-state index in [2.05, 4.69) is 32.0 Å². The molecule has 0 aliphatic carbocycles. The first-order chi connectivity index (χ1) is 5.24. The number of hydrogen-bond donors (Lipinski definition) is 0. The molecule has 1 saturated heterocycles. The van der Waals surface area contributed by atoms with Gasteiger partial charge < -0.3 is 4.74 Å². The second-order valence-corrected chi connectivity index (χ2v) is 3.96. The first-order valence-electron chi connectivity index (χ1n) is 3.84. The summed E-state index contributed by atoms with van der Waals surface area (Å²) in [6.07, 6.45) is 0. The maximum Gasteiger partial charge on any atom is 0.0589 e. The molecule has 0 bridgehead atoms. The van der Waals surface area contributed by atoms with E-state index in [1.165, 1.54) is 0 Å². The maximum absolute atomic E-state index is 4.99. The van der Waals surface area contributed by atoms with E-state index in [0.717, 1.165) is 26.2 Å². The summed E-state index contributed by atoms with van der Waals surface area (Å²) in [5.41, 5.74) is 0. The molecule has 11 heavy (non-hydrogen) atoms. The molecule has 0 aromatic rings. The van der Waals surface area contributed by atoms with Crippen LogP contribution in [0.25, 0.3) is 0 Å². The average Bonchev–Trinajstić information content (AvgIpc) is 1.94. The van der Waals surface area contributed by atoms with Gasteiger partial charge in [0.25, 0.3) is 0 Å². The van der Waals surface area contributed by atoms with Crippen LogP contribution in [-0.4, -0.2) is 55.3 Å². The van der Waals surface area contributed by atoms with Crippen LogP contribution in [0.1, 0.15) is 0 Å². The highest BCUT2D eigenvalue weighted by atomic mass is 79.9. The van der Waals surface area contributed by atoms with Gasteiger partial charge in [-0.15, -0.1) is 0 Å². The van der Waals surface area contributed by atoms with E-state index in [1.807, 2.05) is 0 Å². The molecule has 0 spiro atoms. The van der Waals surface area contributed by atoms with Gasteiger partial charge in [0.1, 0.15) is 0 Å². The smallest absolute Gasteiger partial charge is 0.0589 e. The molecule has 1 heterocycles. The quantitative estimate of drug-likeness (QED) is 0.647. The summed E-state index contributed by atoms with van der Waals surface area (Å²) >= 11 is 3.41. The Balaban J connectivity index is 2.06. The third-order valence-electron chi connectivity index (χ3n) is 2.09. The molecule has 1 fully saturated rings. The number of ether oxygens (including phenoxy) is 1. The minimum Gasteiger partial charge on any atom is -0.383 e. The van der Waals surface area contributed by atoms with E-state index in [9.17, 15) is 0 Å². The third kappa shape index (κ3) is 2.71. The van der Waals surface area contributed by atoms with Crippen molar-refractivity contribution in [2.45, 2.75) is 6.04 Å². The fourth-order valence-electron chi connectivity index (χ4n) is 1.10. The first kappa shape index (κ1) is 9.45. The fraction of sp³-hybridized carbons (Fsp3) is 1.00. The van der Waals surface area contributed by atoms with Crippen molar-refractivity contribution in [3.8, 4) is 0 Å². The summed E-state index contributed by atoms with van der Waals surface area (Å²) in [6, 6.07) is 0.713. The number of likely N-dealkylation sites (N-methyl/N-ethyl adjacent to an activating group) is 1. The summed E-state index contributed by atoms with van der Waals surface area (Å²) in [4.78, 5) is 2.33. The minimum atomic E-state index is 0.713. The average molecular weight is 223 g/mol. The molecule has 0 aromatic carbocycles. The molecule has 0 saturated carbocycles. The summed E-state index contributed by atoms with van der Waals surface area (Å²) in [5, 5.41) is 0. The van der Waals surface area contributed by atoms with Crippen molar-refractivity contribution < 1.29 is 4.74 Å². The van der Waals surface area contributed by atoms with Crippen molar-refractivity contribution in [1.29, 1.82) is 0 Å². The number of hydrogen-bond acceptors (Lipinski definition) is 3. The Morgan fingerprint density at radius 1 is 1.64 bits per heavy atom. The number of nitrogens with zero attached hydrogens (tertiary/aromatic N) is 2.